The SMILES string of the molecule is CCc1c(C(=O)NCCCn2ccnc2)cnn1-c1ccccc1. The average Bonchev–Trinajstić information content (AvgIpc) is 3.28. The maximum absolute atomic E-state index is 12.4. The van der Waals surface area contributed by atoms with Gasteiger partial charge in [0.05, 0.1) is 29.5 Å². The van der Waals surface area contributed by atoms with Crippen molar-refractivity contribution in [2.45, 2.75) is 26.3 Å². The second kappa shape index (κ2) is 7.59. The Morgan fingerprint density at radius 3 is 2.79 bits per heavy atom. The third-order valence-electron chi connectivity index (χ3n) is 3.89. The van der Waals surface area contributed by atoms with E-state index in [1.165, 1.54) is 0 Å². The smallest absolute Gasteiger partial charge is 0.254 e. The first kappa shape index (κ1) is 16.0. The molecule has 2 aromatic heterocycles. The van der Waals surface area contributed by atoms with Crippen molar-refractivity contribution in [3.63, 3.8) is 0 Å². The van der Waals surface area contributed by atoms with Gasteiger partial charge in [0.1, 0.15) is 0 Å². The third-order valence-corrected chi connectivity index (χ3v) is 3.89. The zero-order valence-corrected chi connectivity index (χ0v) is 13.7. The van der Waals surface area contributed by atoms with Gasteiger partial charge in [0, 0.05) is 25.5 Å². The number of hydrogen-bond acceptors (Lipinski definition) is 3. The maximum atomic E-state index is 12.4. The molecule has 1 aromatic carbocycles. The summed E-state index contributed by atoms with van der Waals surface area (Å²) in [6.45, 7) is 3.49. The van der Waals surface area contributed by atoms with Gasteiger partial charge in [-0.3, -0.25) is 4.79 Å². The topological polar surface area (TPSA) is 64.7 Å². The molecule has 1 amide bonds. The van der Waals surface area contributed by atoms with Gasteiger partial charge in [-0.25, -0.2) is 9.67 Å². The lowest BCUT2D eigenvalue weighted by Gasteiger charge is -2.08. The predicted molar refractivity (Wildman–Crippen MR) is 92.1 cm³/mol. The number of nitrogens with one attached hydrogen (secondary N) is 1. The lowest BCUT2D eigenvalue weighted by molar-refractivity contribution is 0.0952. The molecule has 0 saturated carbocycles. The fraction of sp³-hybridized carbons (Fsp3) is 0.278. The van der Waals surface area contributed by atoms with Gasteiger partial charge < -0.3 is 9.88 Å². The van der Waals surface area contributed by atoms with Crippen molar-refractivity contribution in [3.8, 4) is 5.69 Å². The third kappa shape index (κ3) is 3.53. The van der Waals surface area contributed by atoms with Gasteiger partial charge in [0.25, 0.3) is 5.91 Å². The summed E-state index contributed by atoms with van der Waals surface area (Å²) in [5.41, 5.74) is 2.53. The molecule has 124 valence electrons. The highest BCUT2D eigenvalue weighted by Gasteiger charge is 2.16. The summed E-state index contributed by atoms with van der Waals surface area (Å²) in [6.07, 6.45) is 8.70. The van der Waals surface area contributed by atoms with Crippen LogP contribution in [0.3, 0.4) is 0 Å². The van der Waals surface area contributed by atoms with E-state index >= 15 is 0 Å². The Morgan fingerprint density at radius 2 is 2.08 bits per heavy atom. The van der Waals surface area contributed by atoms with Crippen molar-refractivity contribution in [3.05, 3.63) is 66.5 Å². The second-order valence-corrected chi connectivity index (χ2v) is 5.52. The highest BCUT2D eigenvalue weighted by atomic mass is 16.1. The molecule has 0 aliphatic carbocycles. The number of nitrogens with zero attached hydrogens (tertiary/aromatic N) is 4. The Hall–Kier alpha value is -2.89. The number of aryl methyl sites for hydroxylation is 1. The number of carbonyl (C=O) groups excluding carboxylic acids is 1. The summed E-state index contributed by atoms with van der Waals surface area (Å²) in [5, 5.41) is 7.37. The summed E-state index contributed by atoms with van der Waals surface area (Å²) in [7, 11) is 0. The fourth-order valence-electron chi connectivity index (χ4n) is 2.67. The number of hydrogen-bond donors (Lipinski definition) is 1. The predicted octanol–water partition coefficient (Wildman–Crippen LogP) is 2.45. The van der Waals surface area contributed by atoms with Crippen LogP contribution in [0.5, 0.6) is 0 Å². The van der Waals surface area contributed by atoms with E-state index in [4.69, 9.17) is 0 Å². The first-order valence-electron chi connectivity index (χ1n) is 8.16. The van der Waals surface area contributed by atoms with Crippen LogP contribution in [0.1, 0.15) is 29.4 Å². The summed E-state index contributed by atoms with van der Waals surface area (Å²) in [4.78, 5) is 16.4. The van der Waals surface area contributed by atoms with Crippen LogP contribution in [-0.4, -0.2) is 31.8 Å². The van der Waals surface area contributed by atoms with Gasteiger partial charge in [-0.05, 0) is 25.0 Å². The summed E-state index contributed by atoms with van der Waals surface area (Å²) in [6, 6.07) is 9.86. The first-order valence-corrected chi connectivity index (χ1v) is 8.16. The van der Waals surface area contributed by atoms with E-state index in [2.05, 4.69) is 15.4 Å². The molecule has 0 bridgehead atoms. The Kier molecular flexibility index (Phi) is 5.05. The Labute approximate surface area is 141 Å². The molecule has 6 heteroatoms. The standard InChI is InChI=1S/C18H21N5O/c1-2-17-16(13-21-23(17)15-7-4-3-5-8-15)18(24)20-9-6-11-22-12-10-19-14-22/h3-5,7-8,10,12-14H,2,6,9,11H2,1H3,(H,20,24). The van der Waals surface area contributed by atoms with Crippen molar-refractivity contribution in [2.75, 3.05) is 6.54 Å². The molecule has 0 atom stereocenters. The van der Waals surface area contributed by atoms with Gasteiger partial charge in [0.15, 0.2) is 0 Å². The molecule has 0 saturated heterocycles. The number of para-hydroxylation sites is 1. The van der Waals surface area contributed by atoms with Crippen LogP contribution in [0.25, 0.3) is 5.69 Å². The summed E-state index contributed by atoms with van der Waals surface area (Å²) in [5.74, 6) is -0.0698. The molecule has 0 spiro atoms. The molecular formula is C18H21N5O. The van der Waals surface area contributed by atoms with E-state index in [0.717, 1.165) is 30.8 Å². The van der Waals surface area contributed by atoms with Gasteiger partial charge >= 0.3 is 0 Å². The number of carbonyl (C=O) groups is 1. The number of benzene rings is 1. The Morgan fingerprint density at radius 1 is 1.25 bits per heavy atom. The van der Waals surface area contributed by atoms with Crippen LogP contribution in [0.15, 0.2) is 55.2 Å². The van der Waals surface area contributed by atoms with E-state index in [-0.39, 0.29) is 5.91 Å². The van der Waals surface area contributed by atoms with Crippen LogP contribution in [0, 0.1) is 0 Å². The quantitative estimate of drug-likeness (QED) is 0.679. The van der Waals surface area contributed by atoms with Crippen LogP contribution < -0.4 is 5.32 Å². The molecule has 24 heavy (non-hydrogen) atoms. The van der Waals surface area contributed by atoms with Crippen molar-refractivity contribution >= 4 is 5.91 Å². The minimum Gasteiger partial charge on any atom is -0.352 e. The van der Waals surface area contributed by atoms with Gasteiger partial charge in [-0.2, -0.15) is 5.10 Å². The monoisotopic (exact) mass is 323 g/mol. The molecule has 3 aromatic rings. The van der Waals surface area contributed by atoms with E-state index < -0.39 is 0 Å². The number of rotatable bonds is 7. The van der Waals surface area contributed by atoms with Gasteiger partial charge in [-0.15, -0.1) is 0 Å². The molecule has 1 N–H and O–H groups in total. The van der Waals surface area contributed by atoms with Crippen LogP contribution in [0.2, 0.25) is 0 Å². The highest BCUT2D eigenvalue weighted by Crippen LogP contribution is 2.15. The lowest BCUT2D eigenvalue weighted by Crippen LogP contribution is -2.26. The molecule has 6 nitrogen and oxygen atoms in total. The van der Waals surface area contributed by atoms with Crippen LogP contribution >= 0.6 is 0 Å². The molecule has 3 rings (SSSR count). The molecule has 0 unspecified atom stereocenters. The number of imidazole rings is 1. The molecular weight excluding hydrogens is 302 g/mol. The average molecular weight is 323 g/mol. The van der Waals surface area contributed by atoms with Gasteiger partial charge in [-0.1, -0.05) is 25.1 Å². The van der Waals surface area contributed by atoms with Crippen molar-refractivity contribution in [2.24, 2.45) is 0 Å². The number of amides is 1. The Bertz CT molecular complexity index is 777. The van der Waals surface area contributed by atoms with Crippen LogP contribution in [-0.2, 0) is 13.0 Å². The second-order valence-electron chi connectivity index (χ2n) is 5.52. The summed E-state index contributed by atoms with van der Waals surface area (Å²) < 4.78 is 3.83. The minimum absolute atomic E-state index is 0.0698. The highest BCUT2D eigenvalue weighted by molar-refractivity contribution is 5.95. The van der Waals surface area contributed by atoms with E-state index in [1.807, 2.05) is 52.7 Å². The summed E-state index contributed by atoms with van der Waals surface area (Å²) >= 11 is 0. The van der Waals surface area contributed by atoms with E-state index in [1.54, 1.807) is 18.7 Å². The van der Waals surface area contributed by atoms with Crippen LogP contribution in [0.4, 0.5) is 0 Å². The zero-order valence-electron chi connectivity index (χ0n) is 13.7. The molecule has 2 heterocycles. The lowest BCUT2D eigenvalue weighted by atomic mass is 10.2. The first-order chi connectivity index (χ1) is 11.8. The van der Waals surface area contributed by atoms with Crippen molar-refractivity contribution in [1.82, 2.24) is 24.6 Å². The zero-order chi connectivity index (χ0) is 16.8. The molecule has 0 radical (unpaired) electrons. The van der Waals surface area contributed by atoms with Crippen molar-refractivity contribution < 1.29 is 4.79 Å². The molecule has 0 aliphatic rings. The van der Waals surface area contributed by atoms with Gasteiger partial charge in [0.2, 0.25) is 0 Å². The fourth-order valence-corrected chi connectivity index (χ4v) is 2.67. The minimum atomic E-state index is -0.0698. The molecule has 0 fully saturated rings. The van der Waals surface area contributed by atoms with E-state index in [0.29, 0.717) is 12.1 Å². The Balaban J connectivity index is 1.63. The number of aromatic nitrogens is 4. The maximum Gasteiger partial charge on any atom is 0.254 e. The normalized spacial score (nSPS) is 10.7. The molecule has 0 aliphatic heterocycles. The van der Waals surface area contributed by atoms with E-state index in [9.17, 15) is 4.79 Å². The van der Waals surface area contributed by atoms with Crippen molar-refractivity contribution in [1.29, 1.82) is 0 Å². The largest absolute Gasteiger partial charge is 0.352 e.